The standard InChI is InChI=1S/C25H29NO/c1-3-7-25(23-8-5-4-6-9-23)26-18-21-14-16-24(17-15-21)27-19-22-12-10-20(2)11-13-22/h4-6,8-17,25-26H,3,7,18-19H2,1-2H3. The van der Waals surface area contributed by atoms with Crippen LogP contribution < -0.4 is 10.1 Å². The Morgan fingerprint density at radius 2 is 1.48 bits per heavy atom. The van der Waals surface area contributed by atoms with Gasteiger partial charge in [-0.1, -0.05) is 85.6 Å². The highest BCUT2D eigenvalue weighted by molar-refractivity contribution is 5.28. The van der Waals surface area contributed by atoms with E-state index in [4.69, 9.17) is 4.74 Å². The van der Waals surface area contributed by atoms with Gasteiger partial charge in [0.2, 0.25) is 0 Å². The molecule has 140 valence electrons. The molecule has 1 unspecified atom stereocenters. The summed E-state index contributed by atoms with van der Waals surface area (Å²) in [6.07, 6.45) is 2.31. The molecule has 1 N–H and O–H groups in total. The summed E-state index contributed by atoms with van der Waals surface area (Å²) in [5, 5.41) is 3.70. The van der Waals surface area contributed by atoms with Gasteiger partial charge in [0.15, 0.2) is 0 Å². The Morgan fingerprint density at radius 1 is 0.815 bits per heavy atom. The Kier molecular flexibility index (Phi) is 7.06. The Morgan fingerprint density at radius 3 is 2.15 bits per heavy atom. The summed E-state index contributed by atoms with van der Waals surface area (Å²) in [5.41, 5.74) is 5.09. The number of hydrogen-bond donors (Lipinski definition) is 1. The van der Waals surface area contributed by atoms with Crippen LogP contribution in [0.5, 0.6) is 5.75 Å². The number of hydrogen-bond acceptors (Lipinski definition) is 2. The van der Waals surface area contributed by atoms with Crippen LogP contribution in [0.1, 0.15) is 48.1 Å². The molecule has 3 aromatic carbocycles. The van der Waals surface area contributed by atoms with Crippen LogP contribution in [0.2, 0.25) is 0 Å². The van der Waals surface area contributed by atoms with Gasteiger partial charge in [-0.15, -0.1) is 0 Å². The molecule has 0 spiro atoms. The average Bonchev–Trinajstić information content (AvgIpc) is 2.72. The lowest BCUT2D eigenvalue weighted by Gasteiger charge is -2.19. The Hall–Kier alpha value is -2.58. The van der Waals surface area contributed by atoms with Crippen molar-refractivity contribution in [2.24, 2.45) is 0 Å². The minimum atomic E-state index is 0.397. The van der Waals surface area contributed by atoms with E-state index in [-0.39, 0.29) is 0 Å². The van der Waals surface area contributed by atoms with E-state index in [0.29, 0.717) is 12.6 Å². The van der Waals surface area contributed by atoms with E-state index >= 15 is 0 Å². The van der Waals surface area contributed by atoms with Crippen LogP contribution in [-0.2, 0) is 13.2 Å². The molecule has 2 heteroatoms. The lowest BCUT2D eigenvalue weighted by Crippen LogP contribution is -2.20. The molecule has 0 aliphatic carbocycles. The van der Waals surface area contributed by atoms with Crippen LogP contribution in [0.3, 0.4) is 0 Å². The molecular weight excluding hydrogens is 330 g/mol. The predicted molar refractivity (Wildman–Crippen MR) is 113 cm³/mol. The predicted octanol–water partition coefficient (Wildman–Crippen LogP) is 6.21. The van der Waals surface area contributed by atoms with Crippen molar-refractivity contribution < 1.29 is 4.74 Å². The number of aryl methyl sites for hydroxylation is 1. The van der Waals surface area contributed by atoms with Crippen molar-refractivity contribution in [1.82, 2.24) is 5.32 Å². The zero-order valence-electron chi connectivity index (χ0n) is 16.3. The summed E-state index contributed by atoms with van der Waals surface area (Å²) in [5.74, 6) is 0.910. The molecule has 0 saturated carbocycles. The normalized spacial score (nSPS) is 11.9. The fourth-order valence-electron chi connectivity index (χ4n) is 3.16. The average molecular weight is 360 g/mol. The summed E-state index contributed by atoms with van der Waals surface area (Å²) >= 11 is 0. The van der Waals surface area contributed by atoms with Gasteiger partial charge in [0.1, 0.15) is 12.4 Å². The van der Waals surface area contributed by atoms with E-state index in [1.165, 1.54) is 28.7 Å². The van der Waals surface area contributed by atoms with Crippen LogP contribution >= 0.6 is 0 Å². The van der Waals surface area contributed by atoms with E-state index < -0.39 is 0 Å². The van der Waals surface area contributed by atoms with Gasteiger partial charge in [0.25, 0.3) is 0 Å². The number of nitrogens with one attached hydrogen (secondary N) is 1. The zero-order chi connectivity index (χ0) is 18.9. The molecule has 0 bridgehead atoms. The summed E-state index contributed by atoms with van der Waals surface area (Å²) in [6, 6.07) is 28.0. The van der Waals surface area contributed by atoms with E-state index in [2.05, 4.69) is 98.0 Å². The second-order valence-corrected chi connectivity index (χ2v) is 7.05. The van der Waals surface area contributed by atoms with Gasteiger partial charge in [0.05, 0.1) is 0 Å². The third-order valence-electron chi connectivity index (χ3n) is 4.78. The molecule has 1 atom stereocenters. The van der Waals surface area contributed by atoms with E-state index in [9.17, 15) is 0 Å². The molecule has 0 radical (unpaired) electrons. The molecule has 0 aliphatic heterocycles. The highest BCUT2D eigenvalue weighted by Crippen LogP contribution is 2.20. The van der Waals surface area contributed by atoms with Crippen molar-refractivity contribution in [2.75, 3.05) is 0 Å². The van der Waals surface area contributed by atoms with Gasteiger partial charge in [0, 0.05) is 12.6 Å². The van der Waals surface area contributed by atoms with E-state index in [1.54, 1.807) is 0 Å². The third-order valence-corrected chi connectivity index (χ3v) is 4.78. The highest BCUT2D eigenvalue weighted by atomic mass is 16.5. The summed E-state index contributed by atoms with van der Waals surface area (Å²) in [6.45, 7) is 5.79. The van der Waals surface area contributed by atoms with Crippen molar-refractivity contribution >= 4 is 0 Å². The van der Waals surface area contributed by atoms with Crippen LogP contribution in [0, 0.1) is 6.92 Å². The Bertz CT molecular complexity index is 794. The van der Waals surface area contributed by atoms with Gasteiger partial charge >= 0.3 is 0 Å². The fourth-order valence-corrected chi connectivity index (χ4v) is 3.16. The van der Waals surface area contributed by atoms with E-state index in [0.717, 1.165) is 18.7 Å². The van der Waals surface area contributed by atoms with Crippen LogP contribution in [-0.4, -0.2) is 0 Å². The topological polar surface area (TPSA) is 21.3 Å². The summed E-state index contributed by atoms with van der Waals surface area (Å²) in [7, 11) is 0. The Balaban J connectivity index is 1.52. The second kappa shape index (κ2) is 9.94. The van der Waals surface area contributed by atoms with Crippen molar-refractivity contribution in [1.29, 1.82) is 0 Å². The first kappa shape index (κ1) is 19.2. The fraction of sp³-hybridized carbons (Fsp3) is 0.280. The number of rotatable bonds is 9. The Labute approximate surface area is 163 Å². The largest absolute Gasteiger partial charge is 0.489 e. The molecule has 0 saturated heterocycles. The molecule has 3 aromatic rings. The number of ether oxygens (including phenoxy) is 1. The molecular formula is C25H29NO. The maximum atomic E-state index is 5.90. The maximum Gasteiger partial charge on any atom is 0.119 e. The van der Waals surface area contributed by atoms with Crippen molar-refractivity contribution in [3.05, 3.63) is 101 Å². The minimum Gasteiger partial charge on any atom is -0.489 e. The smallest absolute Gasteiger partial charge is 0.119 e. The van der Waals surface area contributed by atoms with Crippen LogP contribution in [0.25, 0.3) is 0 Å². The zero-order valence-corrected chi connectivity index (χ0v) is 16.3. The lowest BCUT2D eigenvalue weighted by molar-refractivity contribution is 0.306. The first-order valence-electron chi connectivity index (χ1n) is 9.80. The van der Waals surface area contributed by atoms with Gasteiger partial charge in [-0.2, -0.15) is 0 Å². The van der Waals surface area contributed by atoms with Crippen LogP contribution in [0.4, 0.5) is 0 Å². The summed E-state index contributed by atoms with van der Waals surface area (Å²) in [4.78, 5) is 0. The molecule has 0 aromatic heterocycles. The van der Waals surface area contributed by atoms with Gasteiger partial charge in [-0.3, -0.25) is 0 Å². The molecule has 2 nitrogen and oxygen atoms in total. The molecule has 0 fully saturated rings. The molecule has 0 amide bonds. The maximum absolute atomic E-state index is 5.90. The van der Waals surface area contributed by atoms with Gasteiger partial charge in [-0.05, 0) is 42.2 Å². The first-order chi connectivity index (χ1) is 13.2. The summed E-state index contributed by atoms with van der Waals surface area (Å²) < 4.78 is 5.90. The highest BCUT2D eigenvalue weighted by Gasteiger charge is 2.09. The third kappa shape index (κ3) is 5.97. The quantitative estimate of drug-likeness (QED) is 0.491. The second-order valence-electron chi connectivity index (χ2n) is 7.05. The van der Waals surface area contributed by atoms with Crippen molar-refractivity contribution in [2.45, 2.75) is 45.9 Å². The SMILES string of the molecule is CCCC(NCc1ccc(OCc2ccc(C)cc2)cc1)c1ccccc1. The molecule has 27 heavy (non-hydrogen) atoms. The van der Waals surface area contributed by atoms with Crippen molar-refractivity contribution in [3.8, 4) is 5.75 Å². The van der Waals surface area contributed by atoms with Crippen molar-refractivity contribution in [3.63, 3.8) is 0 Å². The van der Waals surface area contributed by atoms with E-state index in [1.807, 2.05) is 0 Å². The molecule has 3 rings (SSSR count). The first-order valence-corrected chi connectivity index (χ1v) is 9.80. The minimum absolute atomic E-state index is 0.397. The van der Waals surface area contributed by atoms with Gasteiger partial charge in [-0.25, -0.2) is 0 Å². The monoisotopic (exact) mass is 359 g/mol. The molecule has 0 aliphatic rings. The number of benzene rings is 3. The van der Waals surface area contributed by atoms with Gasteiger partial charge < -0.3 is 10.1 Å². The lowest BCUT2D eigenvalue weighted by atomic mass is 10.0. The molecule has 0 heterocycles. The van der Waals surface area contributed by atoms with Crippen LogP contribution in [0.15, 0.2) is 78.9 Å².